The monoisotopic (exact) mass is 368 g/mol. The molecule has 2 aromatic rings. The van der Waals surface area contributed by atoms with Gasteiger partial charge in [-0.25, -0.2) is 0 Å². The van der Waals surface area contributed by atoms with E-state index in [0.717, 1.165) is 37.4 Å². The molecule has 0 radical (unpaired) electrons. The number of aromatic nitrogens is 2. The van der Waals surface area contributed by atoms with Crippen LogP contribution in [-0.2, 0) is 17.6 Å². The van der Waals surface area contributed by atoms with Gasteiger partial charge in [-0.05, 0) is 43.0 Å². The van der Waals surface area contributed by atoms with Crippen molar-refractivity contribution in [3.05, 3.63) is 41.6 Å². The Labute approximate surface area is 158 Å². The number of nitrogens with zero attached hydrogens (tertiary/aromatic N) is 4. The Bertz CT molecular complexity index is 819. The summed E-state index contributed by atoms with van der Waals surface area (Å²) in [5, 5.41) is 8.74. The van der Waals surface area contributed by atoms with E-state index in [9.17, 15) is 4.79 Å². The summed E-state index contributed by atoms with van der Waals surface area (Å²) in [6, 6.07) is 9.45. The van der Waals surface area contributed by atoms with Crippen LogP contribution in [0.25, 0.3) is 0 Å². The number of carbonyl (C=O) groups excluding carboxylic acids is 1. The Morgan fingerprint density at radius 1 is 1.07 bits per heavy atom. The molecule has 1 aliphatic heterocycles. The number of ether oxygens (including phenoxy) is 2. The van der Waals surface area contributed by atoms with Crippen molar-refractivity contribution in [2.24, 2.45) is 0 Å². The fourth-order valence-corrected chi connectivity index (χ4v) is 3.58. The standard InChI is InChI=1S/C20H24N4O3/c1-26-16-5-3-6-17(13-16)27-14-20(25)24-10-8-23(9-11-24)19-12-15-4-2-7-18(15)21-22-19/h3,5-6,12-13H,2,4,7-11,14H2,1H3. The van der Waals surface area contributed by atoms with Crippen LogP contribution >= 0.6 is 0 Å². The average Bonchev–Trinajstić information content (AvgIpc) is 3.20. The smallest absolute Gasteiger partial charge is 0.260 e. The maximum absolute atomic E-state index is 12.4. The minimum atomic E-state index is -0.00231. The molecule has 0 bridgehead atoms. The van der Waals surface area contributed by atoms with Gasteiger partial charge < -0.3 is 19.3 Å². The van der Waals surface area contributed by atoms with Gasteiger partial charge >= 0.3 is 0 Å². The first-order valence-electron chi connectivity index (χ1n) is 9.38. The highest BCUT2D eigenvalue weighted by Crippen LogP contribution is 2.23. The Kier molecular flexibility index (Phi) is 5.09. The molecule has 7 nitrogen and oxygen atoms in total. The van der Waals surface area contributed by atoms with Gasteiger partial charge in [0, 0.05) is 32.2 Å². The Hall–Kier alpha value is -2.83. The van der Waals surface area contributed by atoms with Crippen LogP contribution in [0.15, 0.2) is 30.3 Å². The zero-order chi connectivity index (χ0) is 18.6. The second-order valence-corrected chi connectivity index (χ2v) is 6.86. The van der Waals surface area contributed by atoms with E-state index in [0.29, 0.717) is 24.6 Å². The third-order valence-corrected chi connectivity index (χ3v) is 5.17. The van der Waals surface area contributed by atoms with Gasteiger partial charge in [-0.3, -0.25) is 4.79 Å². The zero-order valence-corrected chi connectivity index (χ0v) is 15.6. The molecule has 142 valence electrons. The highest BCUT2D eigenvalue weighted by Gasteiger charge is 2.23. The van der Waals surface area contributed by atoms with Gasteiger partial charge in [0.05, 0.1) is 12.8 Å². The third-order valence-electron chi connectivity index (χ3n) is 5.17. The third kappa shape index (κ3) is 3.97. The molecule has 1 aromatic carbocycles. The molecule has 0 N–H and O–H groups in total. The summed E-state index contributed by atoms with van der Waals surface area (Å²) >= 11 is 0. The van der Waals surface area contributed by atoms with E-state index in [1.165, 1.54) is 12.0 Å². The number of aryl methyl sites for hydroxylation is 2. The summed E-state index contributed by atoms with van der Waals surface area (Å²) in [6.07, 6.45) is 3.30. The van der Waals surface area contributed by atoms with Gasteiger partial charge in [0.1, 0.15) is 11.5 Å². The molecule has 1 saturated heterocycles. The Morgan fingerprint density at radius 3 is 2.70 bits per heavy atom. The number of amides is 1. The van der Waals surface area contributed by atoms with E-state index in [-0.39, 0.29) is 12.5 Å². The summed E-state index contributed by atoms with van der Waals surface area (Å²) in [4.78, 5) is 16.5. The lowest BCUT2D eigenvalue weighted by atomic mass is 10.2. The molecule has 4 rings (SSSR count). The number of anilines is 1. The number of hydrogen-bond acceptors (Lipinski definition) is 6. The second kappa shape index (κ2) is 7.82. The predicted octanol–water partition coefficient (Wildman–Crippen LogP) is 1.70. The van der Waals surface area contributed by atoms with Crippen molar-refractivity contribution >= 4 is 11.7 Å². The number of hydrogen-bond donors (Lipinski definition) is 0. The maximum atomic E-state index is 12.4. The van der Waals surface area contributed by atoms with Gasteiger partial charge in [-0.1, -0.05) is 6.07 Å². The van der Waals surface area contributed by atoms with Crippen LogP contribution in [-0.4, -0.2) is 60.9 Å². The molecule has 1 aliphatic carbocycles. The Morgan fingerprint density at radius 2 is 1.89 bits per heavy atom. The molecule has 1 fully saturated rings. The van der Waals surface area contributed by atoms with Crippen LogP contribution in [0.5, 0.6) is 11.5 Å². The lowest BCUT2D eigenvalue weighted by molar-refractivity contribution is -0.133. The van der Waals surface area contributed by atoms with E-state index >= 15 is 0 Å². The molecule has 0 unspecified atom stereocenters. The van der Waals surface area contributed by atoms with Crippen LogP contribution in [0.4, 0.5) is 5.82 Å². The fourth-order valence-electron chi connectivity index (χ4n) is 3.58. The fraction of sp³-hybridized carbons (Fsp3) is 0.450. The average molecular weight is 368 g/mol. The van der Waals surface area contributed by atoms with E-state index in [4.69, 9.17) is 9.47 Å². The summed E-state index contributed by atoms with van der Waals surface area (Å²) in [5.41, 5.74) is 2.47. The number of piperazine rings is 1. The van der Waals surface area contributed by atoms with E-state index < -0.39 is 0 Å². The zero-order valence-electron chi connectivity index (χ0n) is 15.6. The van der Waals surface area contributed by atoms with E-state index in [1.54, 1.807) is 13.2 Å². The maximum Gasteiger partial charge on any atom is 0.260 e. The minimum absolute atomic E-state index is 0.00231. The largest absolute Gasteiger partial charge is 0.497 e. The van der Waals surface area contributed by atoms with Crippen LogP contribution < -0.4 is 14.4 Å². The van der Waals surface area contributed by atoms with Crippen molar-refractivity contribution in [1.29, 1.82) is 0 Å². The number of methoxy groups -OCH3 is 1. The predicted molar refractivity (Wildman–Crippen MR) is 101 cm³/mol. The number of carbonyl (C=O) groups is 1. The van der Waals surface area contributed by atoms with Crippen molar-refractivity contribution in [2.45, 2.75) is 19.3 Å². The summed E-state index contributed by atoms with van der Waals surface area (Å²) in [6.45, 7) is 2.89. The molecule has 2 aliphatic rings. The van der Waals surface area contributed by atoms with Crippen molar-refractivity contribution in [3.63, 3.8) is 0 Å². The molecule has 7 heteroatoms. The van der Waals surface area contributed by atoms with Crippen molar-refractivity contribution in [1.82, 2.24) is 15.1 Å². The lowest BCUT2D eigenvalue weighted by Crippen LogP contribution is -2.50. The van der Waals surface area contributed by atoms with Crippen molar-refractivity contribution < 1.29 is 14.3 Å². The molecule has 1 aromatic heterocycles. The van der Waals surface area contributed by atoms with E-state index in [1.807, 2.05) is 23.1 Å². The second-order valence-electron chi connectivity index (χ2n) is 6.86. The first-order chi connectivity index (χ1) is 13.2. The molecule has 27 heavy (non-hydrogen) atoms. The highest BCUT2D eigenvalue weighted by molar-refractivity contribution is 5.78. The molecular weight excluding hydrogens is 344 g/mol. The number of fused-ring (bicyclic) bond motifs is 1. The highest BCUT2D eigenvalue weighted by atomic mass is 16.5. The first kappa shape index (κ1) is 17.6. The van der Waals surface area contributed by atoms with Crippen LogP contribution in [0.1, 0.15) is 17.7 Å². The van der Waals surface area contributed by atoms with Gasteiger partial charge in [0.2, 0.25) is 0 Å². The summed E-state index contributed by atoms with van der Waals surface area (Å²) < 4.78 is 10.8. The number of benzene rings is 1. The van der Waals surface area contributed by atoms with Crippen molar-refractivity contribution in [3.8, 4) is 11.5 Å². The molecule has 2 heterocycles. The SMILES string of the molecule is COc1cccc(OCC(=O)N2CCN(c3cc4c(nn3)CCC4)CC2)c1. The molecule has 0 saturated carbocycles. The topological polar surface area (TPSA) is 67.8 Å². The summed E-state index contributed by atoms with van der Waals surface area (Å²) in [5.74, 6) is 2.27. The minimum Gasteiger partial charge on any atom is -0.497 e. The van der Waals surface area contributed by atoms with Crippen LogP contribution in [0.2, 0.25) is 0 Å². The quantitative estimate of drug-likeness (QED) is 0.800. The van der Waals surface area contributed by atoms with Crippen LogP contribution in [0, 0.1) is 0 Å². The first-order valence-corrected chi connectivity index (χ1v) is 9.38. The normalized spacial score (nSPS) is 16.2. The lowest BCUT2D eigenvalue weighted by Gasteiger charge is -2.35. The molecule has 0 atom stereocenters. The van der Waals surface area contributed by atoms with E-state index in [2.05, 4.69) is 21.2 Å². The molecular formula is C20H24N4O3. The van der Waals surface area contributed by atoms with Gasteiger partial charge in [-0.15, -0.1) is 5.10 Å². The van der Waals surface area contributed by atoms with Gasteiger partial charge in [0.15, 0.2) is 12.4 Å². The molecule has 1 amide bonds. The van der Waals surface area contributed by atoms with Crippen LogP contribution in [0.3, 0.4) is 0 Å². The summed E-state index contributed by atoms with van der Waals surface area (Å²) in [7, 11) is 1.61. The molecule has 0 spiro atoms. The number of rotatable bonds is 5. The van der Waals surface area contributed by atoms with Crippen molar-refractivity contribution in [2.75, 3.05) is 44.8 Å². The van der Waals surface area contributed by atoms with Gasteiger partial charge in [-0.2, -0.15) is 5.10 Å². The Balaban J connectivity index is 1.29. The van der Waals surface area contributed by atoms with Gasteiger partial charge in [0.25, 0.3) is 5.91 Å².